The number of hydrogen-bond donors (Lipinski definition) is 5. The SMILES string of the molecule is N=C=O.N=C=O.Nc1nc(N)nc(N)n1. The maximum Gasteiger partial charge on any atom is 0.231 e. The van der Waals surface area contributed by atoms with Crippen molar-refractivity contribution in [2.75, 3.05) is 17.2 Å². The monoisotopic (exact) mass is 212 g/mol. The predicted octanol–water partition coefficient (Wildman–Crippen LogP) is -1.58. The lowest BCUT2D eigenvalue weighted by molar-refractivity contribution is 0.562. The van der Waals surface area contributed by atoms with E-state index in [9.17, 15) is 0 Å². The second-order valence-corrected chi connectivity index (χ2v) is 1.61. The van der Waals surface area contributed by atoms with Crippen LogP contribution in [-0.4, -0.2) is 27.1 Å². The molecule has 0 aliphatic carbocycles. The van der Waals surface area contributed by atoms with E-state index in [1.54, 1.807) is 0 Å². The summed E-state index contributed by atoms with van der Waals surface area (Å²) >= 11 is 0. The molecule has 0 aromatic carbocycles. The highest BCUT2D eigenvalue weighted by molar-refractivity contribution is 5.33. The largest absolute Gasteiger partial charge is 0.368 e. The summed E-state index contributed by atoms with van der Waals surface area (Å²) in [5.41, 5.74) is 15.4. The molecule has 0 amide bonds. The molecule has 15 heavy (non-hydrogen) atoms. The lowest BCUT2D eigenvalue weighted by atomic mass is 10.9. The molecule has 1 aromatic rings. The number of rotatable bonds is 0. The van der Waals surface area contributed by atoms with Gasteiger partial charge in [-0.25, -0.2) is 20.4 Å². The van der Waals surface area contributed by atoms with Gasteiger partial charge in [0.15, 0.2) is 0 Å². The minimum absolute atomic E-state index is 0.0417. The van der Waals surface area contributed by atoms with Gasteiger partial charge in [0.25, 0.3) is 0 Å². The second kappa shape index (κ2) is 9.26. The first-order valence-corrected chi connectivity index (χ1v) is 3.12. The zero-order valence-electron chi connectivity index (χ0n) is 7.39. The molecule has 1 aromatic heterocycles. The summed E-state index contributed by atoms with van der Waals surface area (Å²) in [4.78, 5) is 27.2. The van der Waals surface area contributed by atoms with Gasteiger partial charge in [-0.1, -0.05) is 0 Å². The molecule has 0 aliphatic rings. The highest BCUT2D eigenvalue weighted by Crippen LogP contribution is 1.97. The van der Waals surface area contributed by atoms with Crippen LogP contribution in [0.25, 0.3) is 0 Å². The normalized spacial score (nSPS) is 6.67. The summed E-state index contributed by atoms with van der Waals surface area (Å²) in [6.45, 7) is 0. The Bertz CT molecular complexity index is 303. The summed E-state index contributed by atoms with van der Waals surface area (Å²) in [6.07, 6.45) is 1.50. The third kappa shape index (κ3) is 11.2. The van der Waals surface area contributed by atoms with Crippen molar-refractivity contribution >= 4 is 30.0 Å². The van der Waals surface area contributed by atoms with Gasteiger partial charge in [0, 0.05) is 0 Å². The van der Waals surface area contributed by atoms with Gasteiger partial charge in [0.05, 0.1) is 0 Å². The van der Waals surface area contributed by atoms with Crippen LogP contribution in [0, 0.1) is 10.8 Å². The average Bonchev–Trinajstić information content (AvgIpc) is 2.03. The van der Waals surface area contributed by atoms with E-state index >= 15 is 0 Å². The number of nitrogens with two attached hydrogens (primary N) is 3. The Hall–Kier alpha value is -2.83. The van der Waals surface area contributed by atoms with E-state index in [2.05, 4.69) is 15.0 Å². The van der Waals surface area contributed by atoms with E-state index in [1.165, 1.54) is 0 Å². The van der Waals surface area contributed by atoms with Crippen LogP contribution < -0.4 is 17.2 Å². The number of hydrogen-bond acceptors (Lipinski definition) is 10. The first kappa shape index (κ1) is 14.7. The fourth-order valence-corrected chi connectivity index (χ4v) is 0.427. The molecule has 0 unspecified atom stereocenters. The van der Waals surface area contributed by atoms with Gasteiger partial charge in [-0.05, 0) is 0 Å². The fraction of sp³-hybridized carbons (Fsp3) is 0. The number of nitrogen functional groups attached to an aromatic ring is 3. The Labute approximate surface area is 83.5 Å². The van der Waals surface area contributed by atoms with E-state index in [0.717, 1.165) is 12.2 Å². The van der Waals surface area contributed by atoms with Crippen molar-refractivity contribution in [3.8, 4) is 0 Å². The Morgan fingerprint density at radius 3 is 1.07 bits per heavy atom. The first-order chi connectivity index (χ1) is 7.01. The van der Waals surface area contributed by atoms with Crippen molar-refractivity contribution in [2.45, 2.75) is 0 Å². The Kier molecular flexibility index (Phi) is 9.06. The summed E-state index contributed by atoms with van der Waals surface area (Å²) in [5, 5.41) is 10.8. The lowest BCUT2D eigenvalue weighted by Gasteiger charge is -1.93. The van der Waals surface area contributed by atoms with E-state index < -0.39 is 0 Å². The summed E-state index contributed by atoms with van der Waals surface area (Å²) in [5.74, 6) is 0.125. The molecule has 0 atom stereocenters. The quantitative estimate of drug-likeness (QED) is 0.250. The van der Waals surface area contributed by atoms with Gasteiger partial charge in [0.1, 0.15) is 0 Å². The second-order valence-electron chi connectivity index (χ2n) is 1.61. The number of isocyanates is 2. The van der Waals surface area contributed by atoms with Gasteiger partial charge < -0.3 is 17.2 Å². The molecule has 80 valence electrons. The molecule has 0 aliphatic heterocycles. The van der Waals surface area contributed by atoms with Crippen LogP contribution in [0.3, 0.4) is 0 Å². The van der Waals surface area contributed by atoms with Crippen LogP contribution in [0.2, 0.25) is 0 Å². The summed E-state index contributed by atoms with van der Waals surface area (Å²) in [6, 6.07) is 0. The number of nitrogens with one attached hydrogen (secondary N) is 2. The fourth-order valence-electron chi connectivity index (χ4n) is 0.427. The Morgan fingerprint density at radius 1 is 0.800 bits per heavy atom. The molecule has 10 nitrogen and oxygen atoms in total. The summed E-state index contributed by atoms with van der Waals surface area (Å²) in [7, 11) is 0. The lowest BCUT2D eigenvalue weighted by Crippen LogP contribution is -2.05. The molecule has 0 spiro atoms. The van der Waals surface area contributed by atoms with Crippen LogP contribution in [0.4, 0.5) is 17.8 Å². The van der Waals surface area contributed by atoms with Crippen LogP contribution in [0.15, 0.2) is 0 Å². The minimum atomic E-state index is 0.0417. The molecule has 10 heteroatoms. The number of aromatic nitrogens is 3. The van der Waals surface area contributed by atoms with E-state index in [-0.39, 0.29) is 17.8 Å². The Balaban J connectivity index is 0. The van der Waals surface area contributed by atoms with E-state index in [4.69, 9.17) is 37.6 Å². The van der Waals surface area contributed by atoms with Crippen LogP contribution in [-0.2, 0) is 9.59 Å². The van der Waals surface area contributed by atoms with Gasteiger partial charge in [-0.15, -0.1) is 0 Å². The van der Waals surface area contributed by atoms with Gasteiger partial charge in [-0.3, -0.25) is 0 Å². The van der Waals surface area contributed by atoms with Crippen molar-refractivity contribution in [3.05, 3.63) is 0 Å². The predicted molar refractivity (Wildman–Crippen MR) is 49.9 cm³/mol. The van der Waals surface area contributed by atoms with Crippen molar-refractivity contribution in [3.63, 3.8) is 0 Å². The van der Waals surface area contributed by atoms with Crippen LogP contribution in [0.1, 0.15) is 0 Å². The molecule has 1 rings (SSSR count). The number of anilines is 3. The third-order valence-corrected chi connectivity index (χ3v) is 0.687. The highest BCUT2D eigenvalue weighted by Gasteiger charge is 1.93. The van der Waals surface area contributed by atoms with Crippen LogP contribution >= 0.6 is 0 Å². The zero-order valence-corrected chi connectivity index (χ0v) is 7.39. The van der Waals surface area contributed by atoms with Crippen molar-refractivity contribution in [1.82, 2.24) is 15.0 Å². The molecular weight excluding hydrogens is 204 g/mol. The maximum absolute atomic E-state index is 8.35. The smallest absolute Gasteiger partial charge is 0.231 e. The number of nitrogens with zero attached hydrogens (tertiary/aromatic N) is 3. The molecular formula is C5H8N8O2. The molecule has 0 bridgehead atoms. The average molecular weight is 212 g/mol. The number of carbonyl (C=O) groups excluding carboxylic acids is 2. The molecule has 0 saturated carbocycles. The molecule has 0 saturated heterocycles. The van der Waals surface area contributed by atoms with E-state index in [0.29, 0.717) is 0 Å². The molecule has 1 heterocycles. The van der Waals surface area contributed by atoms with Crippen molar-refractivity contribution < 1.29 is 9.59 Å². The molecule has 0 radical (unpaired) electrons. The standard InChI is InChI=1S/C3H6N6.2CHNO/c4-1-7-2(5)9-3(6)8-1;2*2-1-3/h(H6,4,5,6,7,8,9);2*2H. The Morgan fingerprint density at radius 2 is 0.933 bits per heavy atom. The van der Waals surface area contributed by atoms with Crippen molar-refractivity contribution in [2.24, 2.45) is 0 Å². The van der Waals surface area contributed by atoms with Gasteiger partial charge >= 0.3 is 0 Å². The topological polar surface area (TPSA) is 199 Å². The first-order valence-electron chi connectivity index (χ1n) is 3.12. The zero-order chi connectivity index (χ0) is 12.3. The maximum atomic E-state index is 8.35. The van der Waals surface area contributed by atoms with Crippen LogP contribution in [0.5, 0.6) is 0 Å². The van der Waals surface area contributed by atoms with Crippen molar-refractivity contribution in [1.29, 1.82) is 10.8 Å². The van der Waals surface area contributed by atoms with Gasteiger partial charge in [0.2, 0.25) is 30.0 Å². The molecule has 0 fully saturated rings. The minimum Gasteiger partial charge on any atom is -0.368 e. The van der Waals surface area contributed by atoms with E-state index in [1.807, 2.05) is 0 Å². The highest BCUT2D eigenvalue weighted by atomic mass is 16.1. The van der Waals surface area contributed by atoms with Gasteiger partial charge in [-0.2, -0.15) is 15.0 Å². The molecule has 8 N–H and O–H groups in total. The summed E-state index contributed by atoms with van der Waals surface area (Å²) < 4.78 is 0. The third-order valence-electron chi connectivity index (χ3n) is 0.687.